The van der Waals surface area contributed by atoms with Crippen LogP contribution < -0.4 is 10.2 Å². The van der Waals surface area contributed by atoms with Gasteiger partial charge in [-0.05, 0) is 48.6 Å². The molecule has 144 valence electrons. The monoisotopic (exact) mass is 387 g/mol. The van der Waals surface area contributed by atoms with Crippen LogP contribution in [0.15, 0.2) is 42.6 Å². The van der Waals surface area contributed by atoms with Gasteiger partial charge in [0.2, 0.25) is 0 Å². The van der Waals surface area contributed by atoms with Gasteiger partial charge in [-0.2, -0.15) is 0 Å². The maximum Gasteiger partial charge on any atom is 0.255 e. The second kappa shape index (κ2) is 8.08. The maximum atomic E-state index is 12.4. The quantitative estimate of drug-likeness (QED) is 0.853. The molecule has 1 aliphatic rings. The molecular weight excluding hydrogens is 362 g/mol. The standard InChI is InChI=1S/C20H25N3O3S/c1-15-9-11-23(12-10-15)19-8-7-18(13-21-19)22-20(24)17-5-3-16(4-6-17)14-27(2,25)26/h3-8,13,15H,9-12,14H2,1-2H3,(H,22,24). The highest BCUT2D eigenvalue weighted by molar-refractivity contribution is 7.89. The van der Waals surface area contributed by atoms with Crippen LogP contribution in [0.1, 0.15) is 35.7 Å². The number of benzene rings is 1. The third-order valence-electron chi connectivity index (χ3n) is 4.76. The molecule has 7 heteroatoms. The van der Waals surface area contributed by atoms with Crippen LogP contribution in [-0.2, 0) is 15.6 Å². The average molecular weight is 388 g/mol. The van der Waals surface area contributed by atoms with Crippen LogP contribution in [0.2, 0.25) is 0 Å². The normalized spacial score (nSPS) is 15.6. The molecule has 1 aromatic heterocycles. The third-order valence-corrected chi connectivity index (χ3v) is 5.62. The smallest absolute Gasteiger partial charge is 0.255 e. The molecular formula is C20H25N3O3S. The molecule has 1 fully saturated rings. The summed E-state index contributed by atoms with van der Waals surface area (Å²) in [6.45, 7) is 4.30. The molecule has 2 aromatic rings. The highest BCUT2D eigenvalue weighted by atomic mass is 32.2. The summed E-state index contributed by atoms with van der Waals surface area (Å²) in [4.78, 5) is 19.1. The molecule has 1 amide bonds. The molecule has 0 unspecified atom stereocenters. The summed E-state index contributed by atoms with van der Waals surface area (Å²) in [7, 11) is -3.09. The Labute approximate surface area is 160 Å². The van der Waals surface area contributed by atoms with Crippen molar-refractivity contribution in [2.45, 2.75) is 25.5 Å². The minimum atomic E-state index is -3.09. The van der Waals surface area contributed by atoms with Gasteiger partial charge in [-0.15, -0.1) is 0 Å². The van der Waals surface area contributed by atoms with E-state index in [-0.39, 0.29) is 11.7 Å². The predicted molar refractivity (Wildman–Crippen MR) is 108 cm³/mol. The number of amides is 1. The van der Waals surface area contributed by atoms with E-state index in [0.29, 0.717) is 16.8 Å². The number of hydrogen-bond acceptors (Lipinski definition) is 5. The van der Waals surface area contributed by atoms with E-state index < -0.39 is 9.84 Å². The van der Waals surface area contributed by atoms with Gasteiger partial charge in [0.1, 0.15) is 5.82 Å². The minimum Gasteiger partial charge on any atom is -0.357 e. The summed E-state index contributed by atoms with van der Waals surface area (Å²) in [6, 6.07) is 10.4. The molecule has 0 spiro atoms. The first kappa shape index (κ1) is 19.4. The second-order valence-electron chi connectivity index (χ2n) is 7.30. The van der Waals surface area contributed by atoms with E-state index in [1.165, 1.54) is 19.1 Å². The van der Waals surface area contributed by atoms with E-state index in [2.05, 4.69) is 22.1 Å². The first-order valence-electron chi connectivity index (χ1n) is 9.09. The Kier molecular flexibility index (Phi) is 5.79. The van der Waals surface area contributed by atoms with Crippen molar-refractivity contribution >= 4 is 27.2 Å². The summed E-state index contributed by atoms with van der Waals surface area (Å²) in [5, 5.41) is 2.82. The number of sulfone groups is 1. The zero-order valence-electron chi connectivity index (χ0n) is 15.7. The molecule has 1 aliphatic heterocycles. The Bertz CT molecular complexity index is 885. The fraction of sp³-hybridized carbons (Fsp3) is 0.400. The lowest BCUT2D eigenvalue weighted by Gasteiger charge is -2.31. The van der Waals surface area contributed by atoms with Gasteiger partial charge in [0, 0.05) is 24.9 Å². The van der Waals surface area contributed by atoms with Crippen LogP contribution in [0.3, 0.4) is 0 Å². The van der Waals surface area contributed by atoms with Gasteiger partial charge < -0.3 is 10.2 Å². The van der Waals surface area contributed by atoms with Crippen LogP contribution in [0, 0.1) is 5.92 Å². The summed E-state index contributed by atoms with van der Waals surface area (Å²) < 4.78 is 22.7. The summed E-state index contributed by atoms with van der Waals surface area (Å²) in [6.07, 6.45) is 5.21. The molecule has 1 aromatic carbocycles. The number of piperidine rings is 1. The SMILES string of the molecule is CC1CCN(c2ccc(NC(=O)c3ccc(CS(C)(=O)=O)cc3)cn2)CC1. The number of pyridine rings is 1. The lowest BCUT2D eigenvalue weighted by molar-refractivity contribution is 0.102. The van der Waals surface area contributed by atoms with Gasteiger partial charge in [-0.25, -0.2) is 13.4 Å². The Morgan fingerprint density at radius 1 is 1.15 bits per heavy atom. The Hall–Kier alpha value is -2.41. The zero-order valence-corrected chi connectivity index (χ0v) is 16.5. The number of anilines is 2. The van der Waals surface area contributed by atoms with Crippen molar-refractivity contribution in [3.63, 3.8) is 0 Å². The predicted octanol–water partition coefficient (Wildman–Crippen LogP) is 3.11. The Morgan fingerprint density at radius 2 is 1.81 bits per heavy atom. The van der Waals surface area contributed by atoms with Crippen LogP contribution >= 0.6 is 0 Å². The molecule has 0 atom stereocenters. The van der Waals surface area contributed by atoms with Gasteiger partial charge in [-0.3, -0.25) is 4.79 Å². The number of nitrogens with one attached hydrogen (secondary N) is 1. The molecule has 1 saturated heterocycles. The van der Waals surface area contributed by atoms with Crippen molar-refractivity contribution < 1.29 is 13.2 Å². The topological polar surface area (TPSA) is 79.4 Å². The first-order valence-corrected chi connectivity index (χ1v) is 11.2. The lowest BCUT2D eigenvalue weighted by Crippen LogP contribution is -2.33. The fourth-order valence-corrected chi connectivity index (χ4v) is 3.94. The van der Waals surface area contributed by atoms with Gasteiger partial charge in [-0.1, -0.05) is 19.1 Å². The summed E-state index contributed by atoms with van der Waals surface area (Å²) in [5.74, 6) is 1.42. The molecule has 0 aliphatic carbocycles. The third kappa shape index (κ3) is 5.53. The number of rotatable bonds is 5. The van der Waals surface area contributed by atoms with Crippen LogP contribution in [0.4, 0.5) is 11.5 Å². The van der Waals surface area contributed by atoms with Gasteiger partial charge in [0.15, 0.2) is 9.84 Å². The minimum absolute atomic E-state index is 0.0322. The molecule has 2 heterocycles. The Balaban J connectivity index is 1.60. The lowest BCUT2D eigenvalue weighted by atomic mass is 9.99. The molecule has 3 rings (SSSR count). The molecule has 6 nitrogen and oxygen atoms in total. The number of hydrogen-bond donors (Lipinski definition) is 1. The van der Waals surface area contributed by atoms with Crippen LogP contribution in [0.5, 0.6) is 0 Å². The highest BCUT2D eigenvalue weighted by Crippen LogP contribution is 2.22. The largest absolute Gasteiger partial charge is 0.357 e. The second-order valence-corrected chi connectivity index (χ2v) is 9.44. The van der Waals surface area contributed by atoms with Gasteiger partial charge >= 0.3 is 0 Å². The molecule has 0 saturated carbocycles. The molecule has 0 bridgehead atoms. The van der Waals surface area contributed by atoms with Gasteiger partial charge in [0.05, 0.1) is 17.6 Å². The summed E-state index contributed by atoms with van der Waals surface area (Å²) >= 11 is 0. The maximum absolute atomic E-state index is 12.4. The van der Waals surface area contributed by atoms with E-state index in [4.69, 9.17) is 0 Å². The number of carbonyl (C=O) groups is 1. The van der Waals surface area contributed by atoms with Crippen molar-refractivity contribution in [1.82, 2.24) is 4.98 Å². The van der Waals surface area contributed by atoms with E-state index in [1.807, 2.05) is 12.1 Å². The number of aromatic nitrogens is 1. The van der Waals surface area contributed by atoms with Crippen molar-refractivity contribution in [2.24, 2.45) is 5.92 Å². The van der Waals surface area contributed by atoms with Crippen molar-refractivity contribution in [3.05, 3.63) is 53.7 Å². The van der Waals surface area contributed by atoms with Crippen molar-refractivity contribution in [2.75, 3.05) is 29.6 Å². The van der Waals surface area contributed by atoms with Crippen LogP contribution in [-0.4, -0.2) is 38.7 Å². The Morgan fingerprint density at radius 3 is 2.37 bits per heavy atom. The molecule has 1 N–H and O–H groups in total. The number of nitrogens with zero attached hydrogens (tertiary/aromatic N) is 2. The van der Waals surface area contributed by atoms with E-state index >= 15 is 0 Å². The van der Waals surface area contributed by atoms with Crippen molar-refractivity contribution in [1.29, 1.82) is 0 Å². The number of carbonyl (C=O) groups excluding carboxylic acids is 1. The fourth-order valence-electron chi connectivity index (χ4n) is 3.14. The average Bonchev–Trinajstić information content (AvgIpc) is 2.62. The van der Waals surface area contributed by atoms with Crippen molar-refractivity contribution in [3.8, 4) is 0 Å². The zero-order chi connectivity index (χ0) is 19.4. The molecule has 0 radical (unpaired) electrons. The van der Waals surface area contributed by atoms with Gasteiger partial charge in [0.25, 0.3) is 5.91 Å². The highest BCUT2D eigenvalue weighted by Gasteiger charge is 2.17. The van der Waals surface area contributed by atoms with E-state index in [0.717, 1.165) is 24.8 Å². The molecule has 27 heavy (non-hydrogen) atoms. The summed E-state index contributed by atoms with van der Waals surface area (Å²) in [5.41, 5.74) is 1.77. The van der Waals surface area contributed by atoms with E-state index in [1.54, 1.807) is 30.5 Å². The van der Waals surface area contributed by atoms with Crippen LogP contribution in [0.25, 0.3) is 0 Å². The van der Waals surface area contributed by atoms with E-state index in [9.17, 15) is 13.2 Å². The first-order chi connectivity index (χ1) is 12.8.